The van der Waals surface area contributed by atoms with Crippen molar-refractivity contribution in [3.63, 3.8) is 0 Å². The molecule has 1 N–H and O–H groups in total. The average Bonchev–Trinajstić information content (AvgIpc) is 2.91. The summed E-state index contributed by atoms with van der Waals surface area (Å²) < 4.78 is 5.55. The van der Waals surface area contributed by atoms with Gasteiger partial charge in [0.05, 0.1) is 6.61 Å². The lowest BCUT2D eigenvalue weighted by atomic mass is 10.1. The zero-order valence-corrected chi connectivity index (χ0v) is 12.5. The first kappa shape index (κ1) is 13.9. The van der Waals surface area contributed by atoms with Gasteiger partial charge in [-0.2, -0.15) is 0 Å². The van der Waals surface area contributed by atoms with Crippen LogP contribution in [0.3, 0.4) is 0 Å². The Morgan fingerprint density at radius 2 is 2.25 bits per heavy atom. The van der Waals surface area contributed by atoms with Gasteiger partial charge in [0.25, 0.3) is 0 Å². The lowest BCUT2D eigenvalue weighted by Crippen LogP contribution is -2.40. The highest BCUT2D eigenvalue weighted by molar-refractivity contribution is 5.54. The molecule has 20 heavy (non-hydrogen) atoms. The molecule has 0 saturated carbocycles. The van der Waals surface area contributed by atoms with Gasteiger partial charge in [-0.3, -0.25) is 0 Å². The van der Waals surface area contributed by atoms with Gasteiger partial charge in [0.15, 0.2) is 0 Å². The van der Waals surface area contributed by atoms with E-state index in [-0.39, 0.29) is 0 Å². The summed E-state index contributed by atoms with van der Waals surface area (Å²) in [4.78, 5) is 2.59. The number of nitrogens with zero attached hydrogens (tertiary/aromatic N) is 1. The molecular formula is C17H26N2O. The molecule has 0 amide bonds. The maximum absolute atomic E-state index is 5.55. The maximum Gasteiger partial charge on any atom is 0.0512 e. The van der Waals surface area contributed by atoms with Gasteiger partial charge >= 0.3 is 0 Å². The zero-order chi connectivity index (χ0) is 13.8. The molecule has 2 atom stereocenters. The highest BCUT2D eigenvalue weighted by Gasteiger charge is 2.25. The predicted molar refractivity (Wildman–Crippen MR) is 83.1 cm³/mol. The molecule has 2 aliphatic heterocycles. The first-order valence-electron chi connectivity index (χ1n) is 8.00. The smallest absolute Gasteiger partial charge is 0.0512 e. The molecule has 3 rings (SSSR count). The Balaban J connectivity index is 1.78. The van der Waals surface area contributed by atoms with E-state index in [0.29, 0.717) is 12.0 Å². The summed E-state index contributed by atoms with van der Waals surface area (Å²) in [5.74, 6) is 0.698. The minimum atomic E-state index is 0.606. The van der Waals surface area contributed by atoms with Gasteiger partial charge in [-0.15, -0.1) is 0 Å². The number of benzene rings is 1. The summed E-state index contributed by atoms with van der Waals surface area (Å²) in [7, 11) is 0. The van der Waals surface area contributed by atoms with Crippen molar-refractivity contribution in [1.82, 2.24) is 5.32 Å². The van der Waals surface area contributed by atoms with Crippen LogP contribution in [0.2, 0.25) is 0 Å². The molecule has 0 spiro atoms. The lowest BCUT2D eigenvalue weighted by molar-refractivity contribution is 0.186. The van der Waals surface area contributed by atoms with Crippen LogP contribution in [-0.4, -0.2) is 32.3 Å². The third-order valence-electron chi connectivity index (χ3n) is 4.49. The van der Waals surface area contributed by atoms with Crippen LogP contribution in [0.25, 0.3) is 0 Å². The summed E-state index contributed by atoms with van der Waals surface area (Å²) in [6.45, 7) is 7.41. The van der Waals surface area contributed by atoms with Crippen LogP contribution in [0, 0.1) is 5.92 Å². The highest BCUT2D eigenvalue weighted by Crippen LogP contribution is 2.26. The fraction of sp³-hybridized carbons (Fsp3) is 0.647. The fourth-order valence-electron chi connectivity index (χ4n) is 3.41. The summed E-state index contributed by atoms with van der Waals surface area (Å²) in [6, 6.07) is 9.46. The van der Waals surface area contributed by atoms with E-state index in [9.17, 15) is 0 Å². The van der Waals surface area contributed by atoms with E-state index >= 15 is 0 Å². The predicted octanol–water partition coefficient (Wildman–Crippen LogP) is 2.80. The van der Waals surface area contributed by atoms with Crippen molar-refractivity contribution in [3.8, 4) is 0 Å². The molecule has 2 unspecified atom stereocenters. The minimum absolute atomic E-state index is 0.606. The van der Waals surface area contributed by atoms with E-state index in [0.717, 1.165) is 32.8 Å². The molecule has 1 fully saturated rings. The molecule has 0 aliphatic carbocycles. The third kappa shape index (κ3) is 3.15. The van der Waals surface area contributed by atoms with Crippen molar-refractivity contribution in [2.45, 2.75) is 38.8 Å². The van der Waals surface area contributed by atoms with Gasteiger partial charge in [0.2, 0.25) is 0 Å². The molecule has 3 nitrogen and oxygen atoms in total. The highest BCUT2D eigenvalue weighted by atomic mass is 16.5. The van der Waals surface area contributed by atoms with Crippen molar-refractivity contribution >= 4 is 5.69 Å². The molecule has 0 bridgehead atoms. The molecule has 2 aliphatic rings. The number of ether oxygens (including phenoxy) is 1. The molecule has 1 aromatic rings. The molecule has 1 aromatic carbocycles. The molecular weight excluding hydrogens is 248 g/mol. The summed E-state index contributed by atoms with van der Waals surface area (Å²) in [6.07, 6.45) is 3.71. The Morgan fingerprint density at radius 3 is 3.05 bits per heavy atom. The second kappa shape index (κ2) is 6.59. The number of hydrogen-bond acceptors (Lipinski definition) is 3. The second-order valence-electron chi connectivity index (χ2n) is 6.13. The van der Waals surface area contributed by atoms with Crippen molar-refractivity contribution < 1.29 is 4.74 Å². The molecule has 3 heteroatoms. The van der Waals surface area contributed by atoms with E-state index < -0.39 is 0 Å². The van der Waals surface area contributed by atoms with E-state index in [1.165, 1.54) is 30.5 Å². The first-order chi connectivity index (χ1) is 9.86. The molecule has 110 valence electrons. The SMILES string of the molecule is CCCC1CN(CC2CCOC2)c2ccccc2CN1. The zero-order valence-electron chi connectivity index (χ0n) is 12.5. The van der Waals surface area contributed by atoms with Crippen molar-refractivity contribution in [2.75, 3.05) is 31.2 Å². The summed E-state index contributed by atoms with van der Waals surface area (Å²) in [5, 5.41) is 3.72. The summed E-state index contributed by atoms with van der Waals surface area (Å²) >= 11 is 0. The van der Waals surface area contributed by atoms with E-state index in [1.54, 1.807) is 0 Å². The molecule has 0 aromatic heterocycles. The van der Waals surface area contributed by atoms with Crippen LogP contribution in [0.15, 0.2) is 24.3 Å². The number of rotatable bonds is 4. The van der Waals surface area contributed by atoms with E-state index in [4.69, 9.17) is 4.74 Å². The number of nitrogens with one attached hydrogen (secondary N) is 1. The quantitative estimate of drug-likeness (QED) is 0.913. The summed E-state index contributed by atoms with van der Waals surface area (Å²) in [5.41, 5.74) is 2.86. The van der Waals surface area contributed by atoms with Crippen molar-refractivity contribution in [3.05, 3.63) is 29.8 Å². The average molecular weight is 274 g/mol. The Hall–Kier alpha value is -1.06. The Morgan fingerprint density at radius 1 is 1.35 bits per heavy atom. The Bertz CT molecular complexity index is 429. The van der Waals surface area contributed by atoms with Crippen molar-refractivity contribution in [2.24, 2.45) is 5.92 Å². The van der Waals surface area contributed by atoms with Gasteiger partial charge in [0, 0.05) is 43.9 Å². The third-order valence-corrected chi connectivity index (χ3v) is 4.49. The van der Waals surface area contributed by atoms with E-state index in [2.05, 4.69) is 41.4 Å². The maximum atomic E-state index is 5.55. The van der Waals surface area contributed by atoms with Crippen molar-refractivity contribution in [1.29, 1.82) is 0 Å². The minimum Gasteiger partial charge on any atom is -0.381 e. The van der Waals surface area contributed by atoms with Crippen LogP contribution in [-0.2, 0) is 11.3 Å². The number of hydrogen-bond donors (Lipinski definition) is 1. The molecule has 0 radical (unpaired) electrons. The van der Waals surface area contributed by atoms with Gasteiger partial charge < -0.3 is 15.0 Å². The van der Waals surface area contributed by atoms with Gasteiger partial charge in [-0.25, -0.2) is 0 Å². The number of anilines is 1. The van der Waals surface area contributed by atoms with E-state index in [1.807, 2.05) is 0 Å². The monoisotopic (exact) mass is 274 g/mol. The van der Waals surface area contributed by atoms with Gasteiger partial charge in [-0.05, 0) is 24.5 Å². The molecule has 1 saturated heterocycles. The van der Waals surface area contributed by atoms with Crippen LogP contribution < -0.4 is 10.2 Å². The van der Waals surface area contributed by atoms with Gasteiger partial charge in [0.1, 0.15) is 0 Å². The van der Waals surface area contributed by atoms with Crippen LogP contribution in [0.1, 0.15) is 31.7 Å². The Kier molecular flexibility index (Phi) is 4.58. The van der Waals surface area contributed by atoms with Crippen LogP contribution in [0.5, 0.6) is 0 Å². The van der Waals surface area contributed by atoms with Crippen LogP contribution in [0.4, 0.5) is 5.69 Å². The van der Waals surface area contributed by atoms with Crippen LogP contribution >= 0.6 is 0 Å². The largest absolute Gasteiger partial charge is 0.381 e. The Labute approximate surface area is 122 Å². The number of para-hydroxylation sites is 1. The van der Waals surface area contributed by atoms with Gasteiger partial charge in [-0.1, -0.05) is 31.5 Å². The number of fused-ring (bicyclic) bond motifs is 1. The fourth-order valence-corrected chi connectivity index (χ4v) is 3.41. The molecule has 2 heterocycles. The second-order valence-corrected chi connectivity index (χ2v) is 6.13. The first-order valence-corrected chi connectivity index (χ1v) is 8.00. The topological polar surface area (TPSA) is 24.5 Å². The standard InChI is InChI=1S/C17H26N2O/c1-2-5-16-12-19(11-14-8-9-20-13-14)17-7-4-3-6-15(17)10-18-16/h3-4,6-7,14,16,18H,2,5,8-13H2,1H3. The lowest BCUT2D eigenvalue weighted by Gasteiger charge is -2.29. The normalized spacial score (nSPS) is 26.4.